The van der Waals surface area contributed by atoms with E-state index in [-0.39, 0.29) is 35.7 Å². The first-order valence-corrected chi connectivity index (χ1v) is 10.2. The molecule has 1 fully saturated rings. The van der Waals surface area contributed by atoms with Crippen LogP contribution in [0.15, 0.2) is 42.5 Å². The summed E-state index contributed by atoms with van der Waals surface area (Å²) in [5.74, 6) is -0.780. The molecule has 31 heavy (non-hydrogen) atoms. The Morgan fingerprint density at radius 3 is 2.23 bits per heavy atom. The molecule has 0 bridgehead atoms. The molecule has 0 radical (unpaired) electrons. The number of amides is 2. The van der Waals surface area contributed by atoms with Crippen molar-refractivity contribution in [1.82, 2.24) is 9.80 Å². The topological polar surface area (TPSA) is 96.0 Å². The van der Waals surface area contributed by atoms with Gasteiger partial charge in [-0.2, -0.15) is 0 Å². The fraction of sp³-hybridized carbons (Fsp3) is 0.304. The highest BCUT2D eigenvalue weighted by Crippen LogP contribution is 2.31. The highest BCUT2D eigenvalue weighted by atomic mass is 16.6. The van der Waals surface area contributed by atoms with Crippen molar-refractivity contribution in [2.45, 2.75) is 6.92 Å². The molecule has 8 nitrogen and oxygen atoms in total. The maximum atomic E-state index is 13.0. The van der Waals surface area contributed by atoms with Crippen molar-refractivity contribution in [2.24, 2.45) is 0 Å². The summed E-state index contributed by atoms with van der Waals surface area (Å²) in [7, 11) is 0. The van der Waals surface area contributed by atoms with E-state index in [0.29, 0.717) is 55.2 Å². The molecule has 1 aliphatic carbocycles. The maximum Gasteiger partial charge on any atom is 0.409 e. The summed E-state index contributed by atoms with van der Waals surface area (Å²) in [6.07, 6.45) is -0.342. The zero-order chi connectivity index (χ0) is 22.0. The molecule has 8 heteroatoms. The van der Waals surface area contributed by atoms with Crippen molar-refractivity contribution in [2.75, 3.05) is 44.6 Å². The molecule has 4 rings (SSSR count). The Morgan fingerprint density at radius 2 is 1.55 bits per heavy atom. The lowest BCUT2D eigenvalue weighted by Gasteiger charge is -2.33. The van der Waals surface area contributed by atoms with Gasteiger partial charge in [-0.1, -0.05) is 36.4 Å². The average Bonchev–Trinajstić information content (AvgIpc) is 2.78. The van der Waals surface area contributed by atoms with Gasteiger partial charge in [0.15, 0.2) is 11.6 Å². The van der Waals surface area contributed by atoms with Gasteiger partial charge in [0.05, 0.1) is 24.4 Å². The lowest BCUT2D eigenvalue weighted by molar-refractivity contribution is -0.117. The number of hydrogen-bond donors (Lipinski definition) is 1. The number of ether oxygens (including phenoxy) is 1. The number of hydrogen-bond acceptors (Lipinski definition) is 6. The number of ketones is 2. The number of rotatable bonds is 4. The first kappa shape index (κ1) is 20.7. The van der Waals surface area contributed by atoms with Gasteiger partial charge in [-0.15, -0.1) is 0 Å². The number of carbonyl (C=O) groups excluding carboxylic acids is 4. The van der Waals surface area contributed by atoms with Gasteiger partial charge in [-0.25, -0.2) is 4.79 Å². The molecule has 2 aliphatic rings. The van der Waals surface area contributed by atoms with Crippen molar-refractivity contribution in [3.63, 3.8) is 0 Å². The molecular weight excluding hydrogens is 398 g/mol. The van der Waals surface area contributed by atoms with Crippen molar-refractivity contribution < 1.29 is 23.9 Å². The Balaban J connectivity index is 1.44. The van der Waals surface area contributed by atoms with Crippen LogP contribution in [0.4, 0.5) is 10.5 Å². The molecule has 1 saturated heterocycles. The van der Waals surface area contributed by atoms with E-state index in [0.717, 1.165) is 0 Å². The summed E-state index contributed by atoms with van der Waals surface area (Å²) in [5, 5.41) is 2.79. The second-order valence-corrected chi connectivity index (χ2v) is 7.44. The van der Waals surface area contributed by atoms with Crippen LogP contribution in [0.2, 0.25) is 0 Å². The van der Waals surface area contributed by atoms with E-state index < -0.39 is 0 Å². The zero-order valence-corrected chi connectivity index (χ0v) is 17.2. The third-order valence-corrected chi connectivity index (χ3v) is 5.49. The fourth-order valence-electron chi connectivity index (χ4n) is 3.95. The highest BCUT2D eigenvalue weighted by molar-refractivity contribution is 6.30. The third kappa shape index (κ3) is 4.06. The molecule has 0 unspecified atom stereocenters. The van der Waals surface area contributed by atoms with Gasteiger partial charge in [0, 0.05) is 42.9 Å². The monoisotopic (exact) mass is 421 g/mol. The quantitative estimate of drug-likeness (QED) is 0.694. The Morgan fingerprint density at radius 1 is 0.903 bits per heavy atom. The highest BCUT2D eigenvalue weighted by Gasteiger charge is 2.32. The number of fused-ring (bicyclic) bond motifs is 2. The second kappa shape index (κ2) is 8.69. The maximum absolute atomic E-state index is 13.0. The van der Waals surface area contributed by atoms with E-state index in [1.165, 1.54) is 0 Å². The van der Waals surface area contributed by atoms with E-state index in [1.54, 1.807) is 54.3 Å². The Hall–Kier alpha value is -3.52. The largest absolute Gasteiger partial charge is 0.450 e. The standard InChI is InChI=1S/C23H23N3O5/c1-2-31-23(30)26-12-10-25(11-13-26)14-19(27)24-18-9-5-8-17-20(18)22(29)16-7-4-3-6-15(16)21(17)28/h3-9H,2,10-14H2,1H3,(H,24,27). The van der Waals surface area contributed by atoms with Gasteiger partial charge >= 0.3 is 6.09 Å². The van der Waals surface area contributed by atoms with Gasteiger partial charge in [-0.3, -0.25) is 19.3 Å². The molecule has 1 N–H and O–H groups in total. The normalized spacial score (nSPS) is 15.8. The minimum absolute atomic E-state index is 0.124. The van der Waals surface area contributed by atoms with Gasteiger partial charge in [-0.05, 0) is 13.0 Å². The van der Waals surface area contributed by atoms with Crippen molar-refractivity contribution in [3.05, 3.63) is 64.7 Å². The van der Waals surface area contributed by atoms with E-state index in [4.69, 9.17) is 4.74 Å². The Kier molecular flexibility index (Phi) is 5.81. The summed E-state index contributed by atoms with van der Waals surface area (Å²) >= 11 is 0. The van der Waals surface area contributed by atoms with Crippen LogP contribution in [0.5, 0.6) is 0 Å². The lowest BCUT2D eigenvalue weighted by atomic mass is 9.83. The van der Waals surface area contributed by atoms with Crippen LogP contribution in [0.1, 0.15) is 38.8 Å². The lowest BCUT2D eigenvalue weighted by Crippen LogP contribution is -2.50. The molecule has 0 spiro atoms. The van der Waals surface area contributed by atoms with Gasteiger partial charge in [0.2, 0.25) is 5.91 Å². The number of nitrogens with one attached hydrogen (secondary N) is 1. The summed E-state index contributed by atoms with van der Waals surface area (Å²) in [6.45, 7) is 4.27. The minimum atomic E-state index is -0.342. The van der Waals surface area contributed by atoms with Crippen LogP contribution >= 0.6 is 0 Å². The van der Waals surface area contributed by atoms with Gasteiger partial charge in [0.1, 0.15) is 0 Å². The third-order valence-electron chi connectivity index (χ3n) is 5.49. The average molecular weight is 421 g/mol. The van der Waals surface area contributed by atoms with Crippen molar-refractivity contribution in [3.8, 4) is 0 Å². The van der Waals surface area contributed by atoms with E-state index in [1.807, 2.05) is 4.90 Å². The molecule has 0 atom stereocenters. The van der Waals surface area contributed by atoms with Crippen molar-refractivity contribution in [1.29, 1.82) is 0 Å². The minimum Gasteiger partial charge on any atom is -0.450 e. The molecule has 2 amide bonds. The van der Waals surface area contributed by atoms with Crippen LogP contribution in [-0.2, 0) is 9.53 Å². The van der Waals surface area contributed by atoms with Gasteiger partial charge in [0.25, 0.3) is 0 Å². The van der Waals surface area contributed by atoms with E-state index in [9.17, 15) is 19.2 Å². The molecule has 1 aliphatic heterocycles. The molecule has 1 heterocycles. The second-order valence-electron chi connectivity index (χ2n) is 7.44. The van der Waals surface area contributed by atoms with Crippen LogP contribution < -0.4 is 5.32 Å². The van der Waals surface area contributed by atoms with Crippen LogP contribution in [0, 0.1) is 0 Å². The van der Waals surface area contributed by atoms with E-state index >= 15 is 0 Å². The van der Waals surface area contributed by atoms with E-state index in [2.05, 4.69) is 5.32 Å². The Bertz CT molecular complexity index is 1060. The Labute approximate surface area is 179 Å². The summed E-state index contributed by atoms with van der Waals surface area (Å²) in [5.41, 5.74) is 1.58. The number of nitrogens with zero attached hydrogens (tertiary/aromatic N) is 2. The summed E-state index contributed by atoms with van der Waals surface area (Å²) < 4.78 is 5.00. The molecule has 0 saturated carbocycles. The first-order chi connectivity index (χ1) is 15.0. The van der Waals surface area contributed by atoms with Crippen LogP contribution in [-0.4, -0.2) is 72.7 Å². The molecule has 160 valence electrons. The number of benzene rings is 2. The smallest absolute Gasteiger partial charge is 0.409 e. The summed E-state index contributed by atoms with van der Waals surface area (Å²) in [6, 6.07) is 11.6. The fourth-order valence-corrected chi connectivity index (χ4v) is 3.95. The summed E-state index contributed by atoms with van der Waals surface area (Å²) in [4.78, 5) is 53.9. The number of anilines is 1. The SMILES string of the molecule is CCOC(=O)N1CCN(CC(=O)Nc2cccc3c2C(=O)c2ccccc2C3=O)CC1. The molecule has 2 aromatic rings. The molecular formula is C23H23N3O5. The predicted octanol–water partition coefficient (Wildman–Crippen LogP) is 2.17. The first-order valence-electron chi connectivity index (χ1n) is 10.2. The van der Waals surface area contributed by atoms with Crippen LogP contribution in [0.3, 0.4) is 0 Å². The number of piperazine rings is 1. The zero-order valence-electron chi connectivity index (χ0n) is 17.2. The van der Waals surface area contributed by atoms with Crippen molar-refractivity contribution >= 4 is 29.3 Å². The van der Waals surface area contributed by atoms with Crippen LogP contribution in [0.25, 0.3) is 0 Å². The molecule has 0 aromatic heterocycles. The predicted molar refractivity (Wildman–Crippen MR) is 113 cm³/mol. The molecule has 2 aromatic carbocycles. The van der Waals surface area contributed by atoms with Gasteiger partial charge < -0.3 is 15.0 Å². The number of carbonyl (C=O) groups is 4.